The van der Waals surface area contributed by atoms with Crippen LogP contribution in [0.2, 0.25) is 0 Å². The van der Waals surface area contributed by atoms with E-state index in [1.165, 1.54) is 18.5 Å². The fraction of sp³-hybridized carbons (Fsp3) is 0.118. The Kier molecular flexibility index (Phi) is 3.52. The first-order chi connectivity index (χ1) is 12.1. The molecule has 5 nitrogen and oxygen atoms in total. The molecule has 4 rings (SSSR count). The lowest BCUT2D eigenvalue weighted by Gasteiger charge is -2.34. The Morgan fingerprint density at radius 1 is 1.04 bits per heavy atom. The third-order valence-electron chi connectivity index (χ3n) is 4.00. The van der Waals surface area contributed by atoms with E-state index >= 15 is 0 Å². The van der Waals surface area contributed by atoms with Crippen LogP contribution in [-0.2, 0) is 6.18 Å². The zero-order valence-electron chi connectivity index (χ0n) is 12.8. The van der Waals surface area contributed by atoms with Gasteiger partial charge in [0.15, 0.2) is 0 Å². The van der Waals surface area contributed by atoms with Crippen LogP contribution in [0.4, 0.5) is 24.8 Å². The minimum atomic E-state index is -4.44. The van der Waals surface area contributed by atoms with E-state index in [2.05, 4.69) is 15.0 Å². The van der Waals surface area contributed by atoms with Crippen molar-refractivity contribution in [2.24, 2.45) is 0 Å². The first kappa shape index (κ1) is 15.4. The summed E-state index contributed by atoms with van der Waals surface area (Å²) in [5.74, 6) is 1.12. The number of benzene rings is 1. The number of alkyl halides is 3. The molecule has 0 radical (unpaired) electrons. The summed E-state index contributed by atoms with van der Waals surface area (Å²) < 4.78 is 42.2. The van der Waals surface area contributed by atoms with Crippen LogP contribution in [-0.4, -0.2) is 19.5 Å². The summed E-state index contributed by atoms with van der Waals surface area (Å²) in [4.78, 5) is 13.9. The molecule has 0 saturated heterocycles. The first-order valence-corrected chi connectivity index (χ1v) is 7.47. The summed E-state index contributed by atoms with van der Waals surface area (Å²) in [5.41, 5.74) is -0.519. The molecule has 1 unspecified atom stereocenters. The van der Waals surface area contributed by atoms with Gasteiger partial charge in [-0.1, -0.05) is 18.2 Å². The van der Waals surface area contributed by atoms with Crippen molar-refractivity contribution in [3.05, 3.63) is 72.6 Å². The minimum absolute atomic E-state index is 0.150. The van der Waals surface area contributed by atoms with Crippen LogP contribution in [0, 0.1) is 0 Å². The average Bonchev–Trinajstić information content (AvgIpc) is 3.09. The standard InChI is InChI=1S/C17H12F3N5/c18-17(19,20)13-4-2-1-3-12(13)14-6-8-24-11-22-9-16(24)25(14)15-5-7-21-10-23-15/h1-11,14H. The maximum atomic E-state index is 13.5. The van der Waals surface area contributed by atoms with Crippen molar-refractivity contribution < 1.29 is 13.2 Å². The molecule has 126 valence electrons. The molecule has 25 heavy (non-hydrogen) atoms. The SMILES string of the molecule is FC(F)(F)c1ccccc1C1C=Cn2cncc2N1c1ccncn1. The summed E-state index contributed by atoms with van der Waals surface area (Å²) in [6, 6.07) is 6.54. The second-order valence-corrected chi connectivity index (χ2v) is 5.47. The molecular weight excluding hydrogens is 331 g/mol. The van der Waals surface area contributed by atoms with Gasteiger partial charge in [0.25, 0.3) is 0 Å². The average molecular weight is 343 g/mol. The van der Waals surface area contributed by atoms with E-state index in [-0.39, 0.29) is 5.56 Å². The van der Waals surface area contributed by atoms with Crippen molar-refractivity contribution in [2.45, 2.75) is 12.2 Å². The van der Waals surface area contributed by atoms with Crippen LogP contribution in [0.3, 0.4) is 0 Å². The fourth-order valence-electron chi connectivity index (χ4n) is 2.94. The van der Waals surface area contributed by atoms with Crippen LogP contribution >= 0.6 is 0 Å². The number of rotatable bonds is 2. The Morgan fingerprint density at radius 3 is 2.64 bits per heavy atom. The number of anilines is 2. The molecule has 1 atom stereocenters. The molecule has 0 saturated carbocycles. The summed E-state index contributed by atoms with van der Waals surface area (Å²) in [6.07, 6.45) is 5.05. The maximum absolute atomic E-state index is 13.5. The van der Waals surface area contributed by atoms with E-state index < -0.39 is 17.8 Å². The Hall–Kier alpha value is -3.16. The molecule has 2 aromatic heterocycles. The van der Waals surface area contributed by atoms with Gasteiger partial charge in [-0.15, -0.1) is 0 Å². The summed E-state index contributed by atoms with van der Waals surface area (Å²) in [7, 11) is 0. The van der Waals surface area contributed by atoms with E-state index in [4.69, 9.17) is 0 Å². The van der Waals surface area contributed by atoms with Gasteiger partial charge in [0, 0.05) is 12.4 Å². The molecule has 3 aromatic rings. The van der Waals surface area contributed by atoms with Crippen LogP contribution in [0.25, 0.3) is 6.20 Å². The van der Waals surface area contributed by atoms with Gasteiger partial charge in [0.2, 0.25) is 0 Å². The summed E-state index contributed by atoms with van der Waals surface area (Å²) in [6.45, 7) is 0. The van der Waals surface area contributed by atoms with Gasteiger partial charge in [0.05, 0.1) is 17.8 Å². The van der Waals surface area contributed by atoms with E-state index in [1.54, 1.807) is 52.6 Å². The molecule has 0 aliphatic carbocycles. The molecular formula is C17H12F3N5. The Balaban J connectivity index is 1.90. The monoisotopic (exact) mass is 343 g/mol. The Morgan fingerprint density at radius 2 is 1.88 bits per heavy atom. The number of hydrogen-bond donors (Lipinski definition) is 0. The number of imidazole rings is 1. The lowest BCUT2D eigenvalue weighted by atomic mass is 9.97. The third-order valence-corrected chi connectivity index (χ3v) is 4.00. The van der Waals surface area contributed by atoms with Gasteiger partial charge in [-0.25, -0.2) is 15.0 Å². The normalized spacial score (nSPS) is 16.8. The van der Waals surface area contributed by atoms with Gasteiger partial charge >= 0.3 is 6.18 Å². The molecule has 0 spiro atoms. The van der Waals surface area contributed by atoms with Gasteiger partial charge in [0.1, 0.15) is 24.3 Å². The molecule has 1 aliphatic heterocycles. The van der Waals surface area contributed by atoms with E-state index in [0.717, 1.165) is 6.07 Å². The largest absolute Gasteiger partial charge is 0.416 e. The lowest BCUT2D eigenvalue weighted by Crippen LogP contribution is -2.29. The first-order valence-electron chi connectivity index (χ1n) is 7.47. The maximum Gasteiger partial charge on any atom is 0.416 e. The summed E-state index contributed by atoms with van der Waals surface area (Å²) >= 11 is 0. The Labute approximate surface area is 141 Å². The van der Waals surface area contributed by atoms with Crippen molar-refractivity contribution >= 4 is 17.8 Å². The number of nitrogens with zero attached hydrogens (tertiary/aromatic N) is 5. The van der Waals surface area contributed by atoms with Crippen LogP contribution in [0.5, 0.6) is 0 Å². The lowest BCUT2D eigenvalue weighted by molar-refractivity contribution is -0.138. The minimum Gasteiger partial charge on any atom is -0.299 e. The predicted molar refractivity (Wildman–Crippen MR) is 85.9 cm³/mol. The van der Waals surface area contributed by atoms with Crippen LogP contribution in [0.15, 0.2) is 61.5 Å². The highest BCUT2D eigenvalue weighted by Crippen LogP contribution is 2.42. The molecule has 0 N–H and O–H groups in total. The predicted octanol–water partition coefficient (Wildman–Crippen LogP) is 4.06. The van der Waals surface area contributed by atoms with Gasteiger partial charge in [-0.05, 0) is 23.8 Å². The number of fused-ring (bicyclic) bond motifs is 1. The smallest absolute Gasteiger partial charge is 0.299 e. The molecule has 3 heterocycles. The molecule has 0 bridgehead atoms. The van der Waals surface area contributed by atoms with Crippen LogP contribution in [0.1, 0.15) is 17.2 Å². The quantitative estimate of drug-likeness (QED) is 0.704. The highest BCUT2D eigenvalue weighted by molar-refractivity contribution is 5.65. The second-order valence-electron chi connectivity index (χ2n) is 5.47. The van der Waals surface area contributed by atoms with Crippen molar-refractivity contribution in [3.63, 3.8) is 0 Å². The molecule has 1 aliphatic rings. The zero-order valence-corrected chi connectivity index (χ0v) is 12.8. The number of aromatic nitrogens is 4. The topological polar surface area (TPSA) is 46.8 Å². The van der Waals surface area contributed by atoms with Gasteiger partial charge in [-0.2, -0.15) is 13.2 Å². The molecule has 8 heteroatoms. The molecule has 1 aromatic carbocycles. The van der Waals surface area contributed by atoms with Crippen molar-refractivity contribution in [1.29, 1.82) is 0 Å². The third kappa shape index (κ3) is 2.65. The van der Waals surface area contributed by atoms with Crippen LogP contribution < -0.4 is 4.90 Å². The van der Waals surface area contributed by atoms with Crippen molar-refractivity contribution in [3.8, 4) is 0 Å². The van der Waals surface area contributed by atoms with Crippen molar-refractivity contribution in [2.75, 3.05) is 4.90 Å². The van der Waals surface area contributed by atoms with E-state index in [1.807, 2.05) is 0 Å². The van der Waals surface area contributed by atoms with Gasteiger partial charge < -0.3 is 0 Å². The zero-order chi connectivity index (χ0) is 17.4. The molecule has 0 fully saturated rings. The highest BCUT2D eigenvalue weighted by atomic mass is 19.4. The number of halogens is 3. The second kappa shape index (κ2) is 5.73. The Bertz CT molecular complexity index is 917. The number of hydrogen-bond acceptors (Lipinski definition) is 4. The van der Waals surface area contributed by atoms with E-state index in [0.29, 0.717) is 11.6 Å². The fourth-order valence-corrected chi connectivity index (χ4v) is 2.94. The van der Waals surface area contributed by atoms with E-state index in [9.17, 15) is 13.2 Å². The van der Waals surface area contributed by atoms with Gasteiger partial charge in [-0.3, -0.25) is 9.47 Å². The van der Waals surface area contributed by atoms with Crippen molar-refractivity contribution in [1.82, 2.24) is 19.5 Å². The summed E-state index contributed by atoms with van der Waals surface area (Å²) in [5, 5.41) is 0. The molecule has 0 amide bonds. The highest BCUT2D eigenvalue weighted by Gasteiger charge is 2.37.